The highest BCUT2D eigenvalue weighted by Crippen LogP contribution is 2.38. The van der Waals surface area contributed by atoms with E-state index in [4.69, 9.17) is 0 Å². The molecule has 4 nitrogen and oxygen atoms in total. The summed E-state index contributed by atoms with van der Waals surface area (Å²) in [7, 11) is 2.16. The summed E-state index contributed by atoms with van der Waals surface area (Å²) < 4.78 is 2.33. The molecule has 2 aromatic heterocycles. The Morgan fingerprint density at radius 2 is 2.08 bits per heavy atom. The lowest BCUT2D eigenvalue weighted by Crippen LogP contribution is -2.14. The molecule has 1 aromatic carbocycles. The van der Waals surface area contributed by atoms with E-state index in [1.807, 2.05) is 12.1 Å². The van der Waals surface area contributed by atoms with E-state index in [0.717, 1.165) is 31.5 Å². The zero-order chi connectivity index (χ0) is 17.4. The van der Waals surface area contributed by atoms with Gasteiger partial charge in [0.1, 0.15) is 0 Å². The predicted molar refractivity (Wildman–Crippen MR) is 101 cm³/mol. The lowest BCUT2D eigenvalue weighted by Gasteiger charge is -2.21. The highest BCUT2D eigenvalue weighted by Gasteiger charge is 2.27. The molecule has 3 heterocycles. The van der Waals surface area contributed by atoms with Crippen LogP contribution >= 0.6 is 0 Å². The van der Waals surface area contributed by atoms with E-state index >= 15 is 0 Å². The van der Waals surface area contributed by atoms with E-state index in [9.17, 15) is 5.11 Å². The van der Waals surface area contributed by atoms with E-state index in [2.05, 4.69) is 47.0 Å². The van der Waals surface area contributed by atoms with E-state index < -0.39 is 6.10 Å². The Morgan fingerprint density at radius 3 is 2.88 bits per heavy atom. The molecule has 0 radical (unpaired) electrons. The average molecular weight is 335 g/mol. The summed E-state index contributed by atoms with van der Waals surface area (Å²) in [6, 6.07) is 10.5. The summed E-state index contributed by atoms with van der Waals surface area (Å²) in [6.45, 7) is 4.03. The van der Waals surface area contributed by atoms with Gasteiger partial charge in [0.25, 0.3) is 0 Å². The van der Waals surface area contributed by atoms with E-state index in [1.165, 1.54) is 27.7 Å². The van der Waals surface area contributed by atoms with Crippen molar-refractivity contribution in [2.45, 2.75) is 38.3 Å². The maximum atomic E-state index is 10.7. The van der Waals surface area contributed by atoms with Crippen LogP contribution in [-0.4, -0.2) is 21.2 Å². The minimum Gasteiger partial charge on any atom is -0.388 e. The molecule has 0 saturated carbocycles. The van der Waals surface area contributed by atoms with Crippen LogP contribution in [0.25, 0.3) is 10.9 Å². The van der Waals surface area contributed by atoms with Gasteiger partial charge in [0.15, 0.2) is 0 Å². The van der Waals surface area contributed by atoms with Crippen LogP contribution in [-0.2, 0) is 13.6 Å². The first-order chi connectivity index (χ1) is 12.1. The van der Waals surface area contributed by atoms with Gasteiger partial charge in [-0.3, -0.25) is 4.98 Å². The fraction of sp³-hybridized carbons (Fsp3) is 0.381. The molecular weight excluding hydrogens is 310 g/mol. The maximum Gasteiger partial charge on any atom is 0.0797 e. The van der Waals surface area contributed by atoms with Crippen molar-refractivity contribution >= 4 is 10.9 Å². The monoisotopic (exact) mass is 335 g/mol. The van der Waals surface area contributed by atoms with Crippen molar-refractivity contribution in [3.8, 4) is 0 Å². The summed E-state index contributed by atoms with van der Waals surface area (Å²) in [5, 5.41) is 15.7. The van der Waals surface area contributed by atoms with E-state index in [0.29, 0.717) is 5.92 Å². The number of hydrogen-bond acceptors (Lipinski definition) is 3. The van der Waals surface area contributed by atoms with E-state index in [1.54, 1.807) is 12.4 Å². The first-order valence-electron chi connectivity index (χ1n) is 9.01. The molecule has 0 aliphatic carbocycles. The molecule has 2 unspecified atom stereocenters. The Kier molecular flexibility index (Phi) is 4.32. The van der Waals surface area contributed by atoms with E-state index in [-0.39, 0.29) is 0 Å². The summed E-state index contributed by atoms with van der Waals surface area (Å²) in [4.78, 5) is 4.05. The lowest BCUT2D eigenvalue weighted by atomic mass is 9.90. The molecule has 0 fully saturated rings. The Morgan fingerprint density at radius 1 is 1.28 bits per heavy atom. The van der Waals surface area contributed by atoms with Gasteiger partial charge < -0.3 is 15.0 Å². The number of aryl methyl sites for hydroxylation is 2. The van der Waals surface area contributed by atoms with Gasteiger partial charge in [0.2, 0.25) is 0 Å². The summed E-state index contributed by atoms with van der Waals surface area (Å²) in [5.74, 6) is 0.339. The number of benzene rings is 1. The van der Waals surface area contributed by atoms with Crippen LogP contribution in [0.5, 0.6) is 0 Å². The quantitative estimate of drug-likeness (QED) is 0.769. The van der Waals surface area contributed by atoms with Crippen LogP contribution in [0.15, 0.2) is 42.7 Å². The fourth-order valence-corrected chi connectivity index (χ4v) is 4.21. The molecular formula is C21H25N3O. The fourth-order valence-electron chi connectivity index (χ4n) is 4.21. The van der Waals surface area contributed by atoms with Crippen molar-refractivity contribution in [2.24, 2.45) is 7.05 Å². The molecule has 130 valence electrons. The summed E-state index contributed by atoms with van der Waals surface area (Å²) in [5.41, 5.74) is 6.29. The maximum absolute atomic E-state index is 10.7. The topological polar surface area (TPSA) is 50.1 Å². The molecule has 1 aliphatic heterocycles. The Bertz CT molecular complexity index is 885. The number of fused-ring (bicyclic) bond motifs is 3. The molecule has 2 atom stereocenters. The van der Waals surface area contributed by atoms with Gasteiger partial charge in [-0.25, -0.2) is 0 Å². The first kappa shape index (κ1) is 16.3. The van der Waals surface area contributed by atoms with Crippen molar-refractivity contribution in [3.63, 3.8) is 0 Å². The highest BCUT2D eigenvalue weighted by atomic mass is 16.3. The number of aliphatic hydroxyl groups is 1. The van der Waals surface area contributed by atoms with Crippen molar-refractivity contribution < 1.29 is 5.11 Å². The van der Waals surface area contributed by atoms with Crippen LogP contribution in [0.3, 0.4) is 0 Å². The number of aromatic nitrogens is 2. The highest BCUT2D eigenvalue weighted by molar-refractivity contribution is 5.86. The number of nitrogens with zero attached hydrogens (tertiary/aromatic N) is 2. The minimum absolute atomic E-state index is 0.339. The molecule has 4 heteroatoms. The number of nitrogens with one attached hydrogen (secondary N) is 1. The summed E-state index contributed by atoms with van der Waals surface area (Å²) in [6.07, 6.45) is 4.81. The van der Waals surface area contributed by atoms with Crippen molar-refractivity contribution in [3.05, 3.63) is 65.1 Å². The number of rotatable bonds is 3. The SMILES string of the molecule is Cc1ccc2c(c1)c1c(n2C)C(CC(O)c2ccncc2)CCNC1. The molecule has 0 amide bonds. The van der Waals surface area contributed by atoms with Crippen LogP contribution in [0, 0.1) is 6.92 Å². The second-order valence-corrected chi connectivity index (χ2v) is 7.14. The van der Waals surface area contributed by atoms with Gasteiger partial charge in [-0.1, -0.05) is 11.6 Å². The van der Waals surface area contributed by atoms with Gasteiger partial charge in [0.05, 0.1) is 6.10 Å². The third kappa shape index (κ3) is 2.96. The van der Waals surface area contributed by atoms with Crippen LogP contribution in [0.1, 0.15) is 47.2 Å². The molecule has 4 rings (SSSR count). The third-order valence-electron chi connectivity index (χ3n) is 5.47. The Labute approximate surface area is 148 Å². The molecule has 0 bridgehead atoms. The predicted octanol–water partition coefficient (Wildman–Crippen LogP) is 3.58. The van der Waals surface area contributed by atoms with Crippen LogP contribution in [0.2, 0.25) is 0 Å². The number of hydrogen-bond donors (Lipinski definition) is 2. The Balaban J connectivity index is 1.75. The molecule has 3 aromatic rings. The van der Waals surface area contributed by atoms with Crippen molar-refractivity contribution in [2.75, 3.05) is 6.54 Å². The average Bonchev–Trinajstić information content (AvgIpc) is 2.77. The molecule has 0 spiro atoms. The number of pyridine rings is 1. The van der Waals surface area contributed by atoms with Gasteiger partial charge >= 0.3 is 0 Å². The van der Waals surface area contributed by atoms with Crippen molar-refractivity contribution in [1.29, 1.82) is 0 Å². The molecule has 0 saturated heterocycles. The van der Waals surface area contributed by atoms with Crippen LogP contribution in [0.4, 0.5) is 0 Å². The molecule has 2 N–H and O–H groups in total. The lowest BCUT2D eigenvalue weighted by molar-refractivity contribution is 0.155. The van der Waals surface area contributed by atoms with Gasteiger partial charge in [-0.15, -0.1) is 0 Å². The molecule has 1 aliphatic rings. The second-order valence-electron chi connectivity index (χ2n) is 7.14. The van der Waals surface area contributed by atoms with Crippen molar-refractivity contribution in [1.82, 2.24) is 14.9 Å². The number of aliphatic hydroxyl groups excluding tert-OH is 1. The largest absolute Gasteiger partial charge is 0.388 e. The third-order valence-corrected chi connectivity index (χ3v) is 5.47. The van der Waals surface area contributed by atoms with Gasteiger partial charge in [-0.05, 0) is 61.7 Å². The normalized spacial score (nSPS) is 18.8. The molecule has 25 heavy (non-hydrogen) atoms. The standard InChI is InChI=1S/C21H25N3O/c1-14-3-4-19-17(11-14)18-13-23-10-7-16(21(18)24(19)2)12-20(25)15-5-8-22-9-6-15/h3-6,8-9,11,16,20,23,25H,7,10,12-13H2,1-2H3. The zero-order valence-electron chi connectivity index (χ0n) is 14.9. The Hall–Kier alpha value is -2.17. The zero-order valence-corrected chi connectivity index (χ0v) is 14.9. The summed E-state index contributed by atoms with van der Waals surface area (Å²) >= 11 is 0. The smallest absolute Gasteiger partial charge is 0.0797 e. The van der Waals surface area contributed by atoms with Crippen LogP contribution < -0.4 is 5.32 Å². The van der Waals surface area contributed by atoms with Gasteiger partial charge in [0, 0.05) is 48.5 Å². The van der Waals surface area contributed by atoms with Gasteiger partial charge in [-0.2, -0.15) is 0 Å². The second kappa shape index (κ2) is 6.62. The minimum atomic E-state index is -0.460. The first-order valence-corrected chi connectivity index (χ1v) is 9.01.